The molecular weight excluding hydrogens is 262 g/mol. The van der Waals surface area contributed by atoms with Crippen molar-refractivity contribution in [3.05, 3.63) is 60.2 Å². The summed E-state index contributed by atoms with van der Waals surface area (Å²) < 4.78 is 5.82. The van der Waals surface area contributed by atoms with Gasteiger partial charge in [-0.15, -0.1) is 0 Å². The molecule has 21 heavy (non-hydrogen) atoms. The van der Waals surface area contributed by atoms with E-state index in [9.17, 15) is 5.11 Å². The maximum atomic E-state index is 10.5. The fourth-order valence-corrected chi connectivity index (χ4v) is 2.77. The van der Waals surface area contributed by atoms with E-state index >= 15 is 0 Å². The molecule has 2 N–H and O–H groups in total. The zero-order valence-electron chi connectivity index (χ0n) is 12.0. The van der Waals surface area contributed by atoms with Gasteiger partial charge in [0, 0.05) is 6.04 Å². The molecule has 1 heterocycles. The molecule has 3 nitrogen and oxygen atoms in total. The Balaban J connectivity index is 1.73. The third kappa shape index (κ3) is 3.63. The van der Waals surface area contributed by atoms with Crippen molar-refractivity contribution in [2.45, 2.75) is 31.4 Å². The van der Waals surface area contributed by atoms with Gasteiger partial charge in [0.1, 0.15) is 11.5 Å². The van der Waals surface area contributed by atoms with E-state index in [1.54, 1.807) is 0 Å². The molecule has 2 atom stereocenters. The quantitative estimate of drug-likeness (QED) is 0.900. The summed E-state index contributed by atoms with van der Waals surface area (Å²) in [6.07, 6.45) is 2.91. The maximum Gasteiger partial charge on any atom is 0.127 e. The van der Waals surface area contributed by atoms with E-state index in [0.29, 0.717) is 0 Å². The fraction of sp³-hybridized carbons (Fsp3) is 0.333. The molecule has 1 aliphatic rings. The molecule has 110 valence electrons. The van der Waals surface area contributed by atoms with E-state index in [-0.39, 0.29) is 6.04 Å². The van der Waals surface area contributed by atoms with Crippen molar-refractivity contribution in [2.75, 3.05) is 6.54 Å². The maximum absolute atomic E-state index is 10.5. The molecule has 2 aromatic carbocycles. The van der Waals surface area contributed by atoms with Crippen LogP contribution >= 0.6 is 0 Å². The van der Waals surface area contributed by atoms with Crippen molar-refractivity contribution in [2.24, 2.45) is 0 Å². The minimum absolute atomic E-state index is 0.144. The summed E-state index contributed by atoms with van der Waals surface area (Å²) in [5.74, 6) is 1.56. The highest BCUT2D eigenvalue weighted by Gasteiger charge is 2.22. The monoisotopic (exact) mass is 283 g/mol. The number of hydrogen-bond acceptors (Lipinski definition) is 3. The smallest absolute Gasteiger partial charge is 0.127 e. The Morgan fingerprint density at radius 2 is 1.81 bits per heavy atom. The van der Waals surface area contributed by atoms with E-state index in [0.717, 1.165) is 30.0 Å². The Morgan fingerprint density at radius 3 is 2.57 bits per heavy atom. The Hall–Kier alpha value is -1.84. The Bertz CT molecular complexity index is 564. The molecule has 0 radical (unpaired) electrons. The highest BCUT2D eigenvalue weighted by atomic mass is 16.5. The molecule has 0 amide bonds. The number of nitrogens with one attached hydrogen (secondary N) is 1. The minimum atomic E-state index is -0.482. The third-order valence-electron chi connectivity index (χ3n) is 3.91. The van der Waals surface area contributed by atoms with E-state index < -0.39 is 6.10 Å². The van der Waals surface area contributed by atoms with Crippen LogP contribution in [0.15, 0.2) is 54.6 Å². The second kappa shape index (κ2) is 6.74. The van der Waals surface area contributed by atoms with Crippen LogP contribution in [0.2, 0.25) is 0 Å². The van der Waals surface area contributed by atoms with E-state index in [1.165, 1.54) is 12.8 Å². The highest BCUT2D eigenvalue weighted by molar-refractivity contribution is 5.35. The van der Waals surface area contributed by atoms with Crippen LogP contribution in [0.5, 0.6) is 11.5 Å². The van der Waals surface area contributed by atoms with Crippen LogP contribution < -0.4 is 10.1 Å². The number of piperidine rings is 1. The molecule has 0 aliphatic carbocycles. The van der Waals surface area contributed by atoms with E-state index in [2.05, 4.69) is 5.32 Å². The summed E-state index contributed by atoms with van der Waals surface area (Å²) in [6, 6.07) is 17.6. The lowest BCUT2D eigenvalue weighted by molar-refractivity contribution is 0.113. The topological polar surface area (TPSA) is 41.5 Å². The normalized spacial score (nSPS) is 20.0. The number of benzene rings is 2. The number of hydrogen-bond donors (Lipinski definition) is 2. The van der Waals surface area contributed by atoms with Crippen molar-refractivity contribution >= 4 is 0 Å². The van der Waals surface area contributed by atoms with Crippen molar-refractivity contribution in [1.29, 1.82) is 0 Å². The lowest BCUT2D eigenvalue weighted by atomic mass is 9.95. The van der Waals surface area contributed by atoms with Gasteiger partial charge in [-0.25, -0.2) is 0 Å². The Kier molecular flexibility index (Phi) is 4.53. The van der Waals surface area contributed by atoms with Crippen LogP contribution in [-0.4, -0.2) is 17.7 Å². The van der Waals surface area contributed by atoms with Crippen LogP contribution in [0.25, 0.3) is 0 Å². The molecule has 2 unspecified atom stereocenters. The van der Waals surface area contributed by atoms with Crippen LogP contribution in [-0.2, 0) is 0 Å². The first-order valence-electron chi connectivity index (χ1n) is 7.57. The molecule has 0 aromatic heterocycles. The fourth-order valence-electron chi connectivity index (χ4n) is 2.77. The average molecular weight is 283 g/mol. The average Bonchev–Trinajstić information content (AvgIpc) is 2.56. The summed E-state index contributed by atoms with van der Waals surface area (Å²) >= 11 is 0. The number of rotatable bonds is 4. The molecule has 0 saturated carbocycles. The van der Waals surface area contributed by atoms with Gasteiger partial charge in [-0.1, -0.05) is 36.8 Å². The van der Waals surface area contributed by atoms with Crippen LogP contribution in [0.1, 0.15) is 30.9 Å². The van der Waals surface area contributed by atoms with Gasteiger partial charge in [0.05, 0.1) is 6.10 Å². The standard InChI is InChI=1S/C18H21NO2/c20-18(17-11-4-5-12-19-17)14-7-6-10-16(13-14)21-15-8-2-1-3-9-15/h1-3,6-10,13,17-20H,4-5,11-12H2. The molecule has 2 aromatic rings. The van der Waals surface area contributed by atoms with E-state index in [1.807, 2.05) is 54.6 Å². The highest BCUT2D eigenvalue weighted by Crippen LogP contribution is 2.27. The van der Waals surface area contributed by atoms with Gasteiger partial charge in [0.25, 0.3) is 0 Å². The summed E-state index contributed by atoms with van der Waals surface area (Å²) in [7, 11) is 0. The first-order chi connectivity index (χ1) is 10.3. The molecule has 1 fully saturated rings. The molecular formula is C18H21NO2. The molecule has 3 rings (SSSR count). The molecule has 1 aliphatic heterocycles. The van der Waals surface area contributed by atoms with Gasteiger partial charge in [0.15, 0.2) is 0 Å². The van der Waals surface area contributed by atoms with Crippen molar-refractivity contribution in [3.8, 4) is 11.5 Å². The van der Waals surface area contributed by atoms with Gasteiger partial charge in [-0.05, 0) is 49.2 Å². The predicted molar refractivity (Wildman–Crippen MR) is 83.6 cm³/mol. The van der Waals surface area contributed by atoms with Crippen LogP contribution in [0.4, 0.5) is 0 Å². The van der Waals surface area contributed by atoms with Gasteiger partial charge in [-0.2, -0.15) is 0 Å². The summed E-state index contributed by atoms with van der Waals surface area (Å²) in [6.45, 7) is 0.988. The second-order valence-corrected chi connectivity index (χ2v) is 5.49. The predicted octanol–water partition coefficient (Wildman–Crippen LogP) is 3.65. The zero-order valence-corrected chi connectivity index (χ0v) is 12.0. The van der Waals surface area contributed by atoms with Crippen molar-refractivity contribution in [1.82, 2.24) is 5.32 Å². The number of aliphatic hydroxyl groups is 1. The molecule has 3 heteroatoms. The van der Waals surface area contributed by atoms with Gasteiger partial charge in [-0.3, -0.25) is 0 Å². The molecule has 0 bridgehead atoms. The number of para-hydroxylation sites is 1. The van der Waals surface area contributed by atoms with Gasteiger partial charge < -0.3 is 15.2 Å². The first-order valence-corrected chi connectivity index (χ1v) is 7.57. The van der Waals surface area contributed by atoms with Crippen molar-refractivity contribution in [3.63, 3.8) is 0 Å². The van der Waals surface area contributed by atoms with Gasteiger partial charge in [0.2, 0.25) is 0 Å². The van der Waals surface area contributed by atoms with Gasteiger partial charge >= 0.3 is 0 Å². The molecule has 1 saturated heterocycles. The lowest BCUT2D eigenvalue weighted by Crippen LogP contribution is -2.38. The third-order valence-corrected chi connectivity index (χ3v) is 3.91. The summed E-state index contributed by atoms with van der Waals surface area (Å²) in [4.78, 5) is 0. The Morgan fingerprint density at radius 1 is 1.00 bits per heavy atom. The minimum Gasteiger partial charge on any atom is -0.457 e. The first kappa shape index (κ1) is 14.1. The summed E-state index contributed by atoms with van der Waals surface area (Å²) in [5, 5.41) is 13.9. The lowest BCUT2D eigenvalue weighted by Gasteiger charge is -2.28. The second-order valence-electron chi connectivity index (χ2n) is 5.49. The largest absolute Gasteiger partial charge is 0.457 e. The number of aliphatic hydroxyl groups excluding tert-OH is 1. The SMILES string of the molecule is OC(c1cccc(Oc2ccccc2)c1)C1CCCCN1. The van der Waals surface area contributed by atoms with E-state index in [4.69, 9.17) is 4.74 Å². The summed E-state index contributed by atoms with van der Waals surface area (Å²) in [5.41, 5.74) is 0.905. The Labute approximate surface area is 125 Å². The number of ether oxygens (including phenoxy) is 1. The van der Waals surface area contributed by atoms with Crippen LogP contribution in [0, 0.1) is 0 Å². The molecule has 0 spiro atoms. The van der Waals surface area contributed by atoms with Crippen molar-refractivity contribution < 1.29 is 9.84 Å². The van der Waals surface area contributed by atoms with Crippen LogP contribution in [0.3, 0.4) is 0 Å². The zero-order chi connectivity index (χ0) is 14.5.